The molecule has 0 spiro atoms. The number of hydrogen-bond donors (Lipinski definition) is 1. The first-order valence-corrected chi connectivity index (χ1v) is 7.20. The van der Waals surface area contributed by atoms with Crippen molar-refractivity contribution in [1.82, 2.24) is 4.57 Å². The summed E-state index contributed by atoms with van der Waals surface area (Å²) in [5, 5.41) is 10.5. The quantitative estimate of drug-likeness (QED) is 0.940. The number of carbonyl (C=O) groups is 1. The summed E-state index contributed by atoms with van der Waals surface area (Å²) in [5.41, 5.74) is 0.874. The highest BCUT2D eigenvalue weighted by atomic mass is 16.4. The van der Waals surface area contributed by atoms with Gasteiger partial charge in [0.25, 0.3) is 5.56 Å². The maximum Gasteiger partial charge on any atom is 0.326 e. The maximum absolute atomic E-state index is 12.4. The Kier molecular flexibility index (Phi) is 3.41. The SMILES string of the molecule is C[C@H](C(=O)O)n1ccc2cc(N3CCCC3)ccc2c1=O. The predicted octanol–water partition coefficient (Wildman–Crippen LogP) is 2.25. The average Bonchev–Trinajstić information content (AvgIpc) is 3.00. The van der Waals surface area contributed by atoms with E-state index in [4.69, 9.17) is 5.11 Å². The minimum absolute atomic E-state index is 0.254. The van der Waals surface area contributed by atoms with Crippen LogP contribution in [0, 0.1) is 0 Å². The van der Waals surface area contributed by atoms with Crippen molar-refractivity contribution in [2.75, 3.05) is 18.0 Å². The lowest BCUT2D eigenvalue weighted by Gasteiger charge is -2.18. The minimum atomic E-state index is -1.01. The van der Waals surface area contributed by atoms with Gasteiger partial charge in [-0.25, -0.2) is 4.79 Å². The standard InChI is InChI=1S/C16H18N2O3/c1-11(16(20)21)18-9-6-12-10-13(17-7-2-3-8-17)4-5-14(12)15(18)19/h4-6,9-11H,2-3,7-8H2,1H3,(H,20,21)/t11-/m1/s1. The Morgan fingerprint density at radius 1 is 1.24 bits per heavy atom. The number of carboxylic acid groups (broad SMARTS) is 1. The Bertz CT molecular complexity index is 745. The molecule has 5 nitrogen and oxygen atoms in total. The summed E-state index contributed by atoms with van der Waals surface area (Å²) in [4.78, 5) is 25.8. The van der Waals surface area contributed by atoms with Gasteiger partial charge in [-0.15, -0.1) is 0 Å². The molecule has 5 heteroatoms. The number of fused-ring (bicyclic) bond motifs is 1. The molecule has 0 aliphatic carbocycles. The number of aliphatic carboxylic acids is 1. The average molecular weight is 286 g/mol. The number of benzene rings is 1. The largest absolute Gasteiger partial charge is 0.480 e. The van der Waals surface area contributed by atoms with Gasteiger partial charge in [-0.3, -0.25) is 4.79 Å². The number of pyridine rings is 1. The molecule has 1 aliphatic rings. The van der Waals surface area contributed by atoms with Crippen LogP contribution >= 0.6 is 0 Å². The van der Waals surface area contributed by atoms with Crippen molar-refractivity contribution in [2.45, 2.75) is 25.8 Å². The number of carboxylic acids is 1. The lowest BCUT2D eigenvalue weighted by molar-refractivity contribution is -0.140. The summed E-state index contributed by atoms with van der Waals surface area (Å²) in [5.74, 6) is -1.01. The van der Waals surface area contributed by atoms with Crippen LogP contribution in [-0.2, 0) is 4.79 Å². The van der Waals surface area contributed by atoms with Gasteiger partial charge in [-0.05, 0) is 49.4 Å². The lowest BCUT2D eigenvalue weighted by atomic mass is 10.1. The molecule has 1 fully saturated rings. The molecule has 0 saturated carbocycles. The second kappa shape index (κ2) is 5.24. The molecule has 1 aromatic carbocycles. The molecular weight excluding hydrogens is 268 g/mol. The van der Waals surface area contributed by atoms with Crippen molar-refractivity contribution in [3.63, 3.8) is 0 Å². The van der Waals surface area contributed by atoms with Crippen LogP contribution in [0.3, 0.4) is 0 Å². The molecule has 3 rings (SSSR count). The molecule has 0 amide bonds. The molecule has 0 bridgehead atoms. The van der Waals surface area contributed by atoms with Crippen LogP contribution < -0.4 is 10.5 Å². The van der Waals surface area contributed by atoms with Gasteiger partial charge in [0.2, 0.25) is 0 Å². The first-order valence-electron chi connectivity index (χ1n) is 7.20. The third-order valence-electron chi connectivity index (χ3n) is 4.16. The highest BCUT2D eigenvalue weighted by molar-refractivity contribution is 5.85. The van der Waals surface area contributed by atoms with E-state index in [0.717, 1.165) is 24.2 Å². The van der Waals surface area contributed by atoms with E-state index in [9.17, 15) is 9.59 Å². The molecule has 1 aliphatic heterocycles. The van der Waals surface area contributed by atoms with Gasteiger partial charge in [0.15, 0.2) is 0 Å². The topological polar surface area (TPSA) is 62.5 Å². The summed E-state index contributed by atoms with van der Waals surface area (Å²) in [7, 11) is 0. The van der Waals surface area contributed by atoms with Crippen LogP contribution in [-0.4, -0.2) is 28.7 Å². The second-order valence-corrected chi connectivity index (χ2v) is 5.51. The minimum Gasteiger partial charge on any atom is -0.480 e. The Morgan fingerprint density at radius 3 is 2.62 bits per heavy atom. The van der Waals surface area contributed by atoms with E-state index in [1.54, 1.807) is 12.3 Å². The highest BCUT2D eigenvalue weighted by Crippen LogP contribution is 2.24. The maximum atomic E-state index is 12.4. The fraction of sp³-hybridized carbons (Fsp3) is 0.375. The van der Waals surface area contributed by atoms with Crippen LogP contribution in [0.15, 0.2) is 35.3 Å². The van der Waals surface area contributed by atoms with Gasteiger partial charge >= 0.3 is 5.97 Å². The summed E-state index contributed by atoms with van der Waals surface area (Å²) in [6.45, 7) is 3.62. The van der Waals surface area contributed by atoms with Gasteiger partial charge in [-0.2, -0.15) is 0 Å². The first-order chi connectivity index (χ1) is 10.1. The summed E-state index contributed by atoms with van der Waals surface area (Å²) in [6, 6.07) is 6.72. The second-order valence-electron chi connectivity index (χ2n) is 5.51. The van der Waals surface area contributed by atoms with E-state index >= 15 is 0 Å². The fourth-order valence-electron chi connectivity index (χ4n) is 2.85. The van der Waals surface area contributed by atoms with E-state index in [-0.39, 0.29) is 5.56 Å². The zero-order chi connectivity index (χ0) is 15.0. The number of rotatable bonds is 3. The van der Waals surface area contributed by atoms with Crippen LogP contribution in [0.4, 0.5) is 5.69 Å². The van der Waals surface area contributed by atoms with Crippen LogP contribution in [0.5, 0.6) is 0 Å². The molecule has 1 atom stereocenters. The Hall–Kier alpha value is -2.30. The van der Waals surface area contributed by atoms with Gasteiger partial charge in [0.05, 0.1) is 0 Å². The van der Waals surface area contributed by atoms with Crippen molar-refractivity contribution in [1.29, 1.82) is 0 Å². The first kappa shape index (κ1) is 13.7. The Balaban J connectivity index is 2.07. The molecule has 1 aromatic heterocycles. The molecule has 0 unspecified atom stereocenters. The molecule has 2 heterocycles. The fourth-order valence-corrected chi connectivity index (χ4v) is 2.85. The van der Waals surface area contributed by atoms with Crippen molar-refractivity contribution < 1.29 is 9.90 Å². The zero-order valence-corrected chi connectivity index (χ0v) is 12.0. The summed E-state index contributed by atoms with van der Waals surface area (Å²) in [6.07, 6.45) is 3.97. The van der Waals surface area contributed by atoms with Gasteiger partial charge < -0.3 is 14.6 Å². The summed E-state index contributed by atoms with van der Waals surface area (Å²) >= 11 is 0. The number of anilines is 1. The molecular formula is C16H18N2O3. The van der Waals surface area contributed by atoms with Crippen molar-refractivity contribution in [3.05, 3.63) is 40.8 Å². The number of aromatic nitrogens is 1. The third-order valence-corrected chi connectivity index (χ3v) is 4.16. The molecule has 1 saturated heterocycles. The van der Waals surface area contributed by atoms with Gasteiger partial charge in [0, 0.05) is 30.4 Å². The Morgan fingerprint density at radius 2 is 1.95 bits per heavy atom. The van der Waals surface area contributed by atoms with E-state index in [2.05, 4.69) is 4.90 Å². The number of nitrogens with zero attached hydrogens (tertiary/aromatic N) is 2. The van der Waals surface area contributed by atoms with Gasteiger partial charge in [-0.1, -0.05) is 0 Å². The van der Waals surface area contributed by atoms with Crippen LogP contribution in [0.25, 0.3) is 10.8 Å². The van der Waals surface area contributed by atoms with Crippen LogP contribution in [0.1, 0.15) is 25.8 Å². The lowest BCUT2D eigenvalue weighted by Crippen LogP contribution is -2.27. The van der Waals surface area contributed by atoms with E-state index in [0.29, 0.717) is 5.39 Å². The third kappa shape index (κ3) is 2.39. The molecule has 0 radical (unpaired) electrons. The number of hydrogen-bond acceptors (Lipinski definition) is 3. The van der Waals surface area contributed by atoms with E-state index in [1.165, 1.54) is 24.3 Å². The van der Waals surface area contributed by atoms with Crippen molar-refractivity contribution in [3.8, 4) is 0 Å². The van der Waals surface area contributed by atoms with E-state index in [1.807, 2.05) is 18.2 Å². The monoisotopic (exact) mass is 286 g/mol. The van der Waals surface area contributed by atoms with Gasteiger partial charge in [0.1, 0.15) is 6.04 Å². The molecule has 2 aromatic rings. The molecule has 21 heavy (non-hydrogen) atoms. The van der Waals surface area contributed by atoms with Crippen LogP contribution in [0.2, 0.25) is 0 Å². The summed E-state index contributed by atoms with van der Waals surface area (Å²) < 4.78 is 1.26. The highest BCUT2D eigenvalue weighted by Gasteiger charge is 2.17. The zero-order valence-electron chi connectivity index (χ0n) is 12.0. The normalized spacial score (nSPS) is 16.3. The van der Waals surface area contributed by atoms with Crippen molar-refractivity contribution in [2.24, 2.45) is 0 Å². The van der Waals surface area contributed by atoms with E-state index < -0.39 is 12.0 Å². The molecule has 1 N–H and O–H groups in total. The predicted molar refractivity (Wildman–Crippen MR) is 82.0 cm³/mol. The Labute approximate surface area is 122 Å². The van der Waals surface area contributed by atoms with Crippen molar-refractivity contribution >= 4 is 22.4 Å². The smallest absolute Gasteiger partial charge is 0.326 e. The molecule has 110 valence electrons.